The normalized spacial score (nSPS) is 18.0. The van der Waals surface area contributed by atoms with E-state index in [0.29, 0.717) is 23.8 Å². The van der Waals surface area contributed by atoms with Gasteiger partial charge in [0.25, 0.3) is 0 Å². The van der Waals surface area contributed by atoms with Crippen molar-refractivity contribution in [1.29, 1.82) is 0 Å². The third kappa shape index (κ3) is 3.27. The van der Waals surface area contributed by atoms with Crippen molar-refractivity contribution in [2.24, 2.45) is 0 Å². The summed E-state index contributed by atoms with van der Waals surface area (Å²) < 4.78 is 19.0. The SMILES string of the molecule is Cc1noc([C@@H](C)N2CCN(Cc3nc4c(F)cccc4[nH]3)CC2)n1. The van der Waals surface area contributed by atoms with E-state index in [0.717, 1.165) is 37.5 Å². The van der Waals surface area contributed by atoms with Crippen molar-refractivity contribution in [1.82, 2.24) is 29.9 Å². The van der Waals surface area contributed by atoms with Gasteiger partial charge in [-0.1, -0.05) is 11.2 Å². The summed E-state index contributed by atoms with van der Waals surface area (Å²) in [5, 5.41) is 3.86. The summed E-state index contributed by atoms with van der Waals surface area (Å²) in [4.78, 5) is 16.6. The maximum absolute atomic E-state index is 13.8. The number of H-pyrrole nitrogens is 1. The number of nitrogens with zero attached hydrogens (tertiary/aromatic N) is 5. The third-order valence-electron chi connectivity index (χ3n) is 4.74. The highest BCUT2D eigenvalue weighted by molar-refractivity contribution is 5.75. The van der Waals surface area contributed by atoms with E-state index in [1.807, 2.05) is 13.0 Å². The van der Waals surface area contributed by atoms with E-state index in [1.54, 1.807) is 6.07 Å². The van der Waals surface area contributed by atoms with Gasteiger partial charge in [0.15, 0.2) is 11.6 Å². The van der Waals surface area contributed by atoms with E-state index in [2.05, 4.69) is 36.8 Å². The number of benzene rings is 1. The molecule has 0 radical (unpaired) electrons. The Morgan fingerprint density at radius 2 is 2.04 bits per heavy atom. The molecule has 1 saturated heterocycles. The van der Waals surface area contributed by atoms with E-state index in [-0.39, 0.29) is 11.9 Å². The topological polar surface area (TPSA) is 74.1 Å². The van der Waals surface area contributed by atoms with E-state index in [9.17, 15) is 4.39 Å². The minimum atomic E-state index is -0.284. The number of rotatable bonds is 4. The molecule has 1 aliphatic rings. The molecule has 132 valence electrons. The third-order valence-corrected chi connectivity index (χ3v) is 4.74. The Morgan fingerprint density at radius 3 is 2.72 bits per heavy atom. The van der Waals surface area contributed by atoms with Crippen LogP contribution in [0.5, 0.6) is 0 Å². The number of nitrogens with one attached hydrogen (secondary N) is 1. The van der Waals surface area contributed by atoms with E-state index < -0.39 is 0 Å². The molecule has 3 aromatic rings. The van der Waals surface area contributed by atoms with Crippen LogP contribution in [0, 0.1) is 12.7 Å². The molecule has 3 heterocycles. The molecule has 1 aliphatic heterocycles. The zero-order chi connectivity index (χ0) is 17.4. The first-order chi connectivity index (χ1) is 12.1. The number of hydrogen-bond donors (Lipinski definition) is 1. The Balaban J connectivity index is 1.37. The fourth-order valence-corrected chi connectivity index (χ4v) is 3.28. The van der Waals surface area contributed by atoms with Crippen molar-refractivity contribution in [3.8, 4) is 0 Å². The smallest absolute Gasteiger partial charge is 0.243 e. The number of aromatic amines is 1. The second-order valence-electron chi connectivity index (χ2n) is 6.49. The Kier molecular flexibility index (Phi) is 4.22. The van der Waals surface area contributed by atoms with E-state index in [4.69, 9.17) is 4.52 Å². The van der Waals surface area contributed by atoms with Crippen LogP contribution in [0.15, 0.2) is 22.7 Å². The number of aromatic nitrogens is 4. The summed E-state index contributed by atoms with van der Waals surface area (Å²) in [6.07, 6.45) is 0. The molecular weight excluding hydrogens is 323 g/mol. The van der Waals surface area contributed by atoms with Crippen LogP contribution in [0.4, 0.5) is 4.39 Å². The molecule has 4 rings (SSSR count). The lowest BCUT2D eigenvalue weighted by Gasteiger charge is -2.36. The van der Waals surface area contributed by atoms with Gasteiger partial charge in [-0.2, -0.15) is 4.98 Å². The standard InChI is InChI=1S/C17H21FN6O/c1-11(17-19-12(2)22-25-17)24-8-6-23(7-9-24)10-15-20-14-5-3-4-13(18)16(14)21-15/h3-5,11H,6-10H2,1-2H3,(H,20,21)/t11-/m1/s1. The van der Waals surface area contributed by atoms with Gasteiger partial charge >= 0.3 is 0 Å². The highest BCUT2D eigenvalue weighted by Gasteiger charge is 2.25. The first kappa shape index (κ1) is 16.2. The van der Waals surface area contributed by atoms with Crippen molar-refractivity contribution < 1.29 is 8.91 Å². The second-order valence-corrected chi connectivity index (χ2v) is 6.49. The zero-order valence-electron chi connectivity index (χ0n) is 14.4. The largest absolute Gasteiger partial charge is 0.341 e. The molecule has 8 heteroatoms. The van der Waals surface area contributed by atoms with Crippen LogP contribution < -0.4 is 0 Å². The van der Waals surface area contributed by atoms with Gasteiger partial charge in [0.2, 0.25) is 5.89 Å². The maximum Gasteiger partial charge on any atom is 0.243 e. The van der Waals surface area contributed by atoms with Gasteiger partial charge in [-0.3, -0.25) is 9.80 Å². The van der Waals surface area contributed by atoms with Gasteiger partial charge in [0.1, 0.15) is 11.3 Å². The average molecular weight is 344 g/mol. The van der Waals surface area contributed by atoms with Crippen molar-refractivity contribution in [3.05, 3.63) is 41.6 Å². The summed E-state index contributed by atoms with van der Waals surface area (Å²) in [6.45, 7) is 8.26. The maximum atomic E-state index is 13.8. The molecule has 0 amide bonds. The van der Waals surface area contributed by atoms with Crippen molar-refractivity contribution >= 4 is 11.0 Å². The Hall–Kier alpha value is -2.32. The zero-order valence-corrected chi connectivity index (χ0v) is 14.4. The van der Waals surface area contributed by atoms with Crippen LogP contribution in [0.2, 0.25) is 0 Å². The molecule has 0 spiro atoms. The minimum absolute atomic E-state index is 0.114. The summed E-state index contributed by atoms with van der Waals surface area (Å²) in [6, 6.07) is 5.09. The summed E-state index contributed by atoms with van der Waals surface area (Å²) >= 11 is 0. The van der Waals surface area contributed by atoms with Crippen molar-refractivity contribution in [2.75, 3.05) is 26.2 Å². The lowest BCUT2D eigenvalue weighted by molar-refractivity contribution is 0.0833. The predicted molar refractivity (Wildman–Crippen MR) is 90.4 cm³/mol. The average Bonchev–Trinajstić information content (AvgIpc) is 3.22. The molecule has 1 aromatic carbocycles. The molecule has 1 N–H and O–H groups in total. The first-order valence-electron chi connectivity index (χ1n) is 8.50. The monoisotopic (exact) mass is 344 g/mol. The first-order valence-corrected chi connectivity index (χ1v) is 8.50. The molecule has 25 heavy (non-hydrogen) atoms. The highest BCUT2D eigenvalue weighted by atomic mass is 19.1. The molecule has 0 aliphatic carbocycles. The Morgan fingerprint density at radius 1 is 1.24 bits per heavy atom. The van der Waals surface area contributed by atoms with E-state index >= 15 is 0 Å². The number of para-hydroxylation sites is 1. The number of halogens is 1. The number of hydrogen-bond acceptors (Lipinski definition) is 6. The van der Waals surface area contributed by atoms with Crippen LogP contribution in [0.25, 0.3) is 11.0 Å². The summed E-state index contributed by atoms with van der Waals surface area (Å²) in [5.41, 5.74) is 1.16. The molecule has 0 saturated carbocycles. The quantitative estimate of drug-likeness (QED) is 0.783. The van der Waals surface area contributed by atoms with E-state index in [1.165, 1.54) is 6.07 Å². The molecule has 0 unspecified atom stereocenters. The fraction of sp³-hybridized carbons (Fsp3) is 0.471. The molecule has 1 atom stereocenters. The number of fused-ring (bicyclic) bond motifs is 1. The number of piperazine rings is 1. The molecule has 7 nitrogen and oxygen atoms in total. The second kappa shape index (κ2) is 6.53. The predicted octanol–water partition coefficient (Wildman–Crippen LogP) is 2.27. The lowest BCUT2D eigenvalue weighted by atomic mass is 10.2. The summed E-state index contributed by atoms with van der Waals surface area (Å²) in [5.74, 6) is 1.85. The fourth-order valence-electron chi connectivity index (χ4n) is 3.28. The minimum Gasteiger partial charge on any atom is -0.341 e. The van der Waals surface area contributed by atoms with Crippen molar-refractivity contribution in [2.45, 2.75) is 26.4 Å². The lowest BCUT2D eigenvalue weighted by Crippen LogP contribution is -2.46. The molecule has 0 bridgehead atoms. The van der Waals surface area contributed by atoms with Crippen LogP contribution in [-0.2, 0) is 6.54 Å². The molecular formula is C17H21FN6O. The van der Waals surface area contributed by atoms with Gasteiger partial charge in [-0.15, -0.1) is 0 Å². The highest BCUT2D eigenvalue weighted by Crippen LogP contribution is 2.21. The van der Waals surface area contributed by atoms with Gasteiger partial charge in [-0.25, -0.2) is 9.37 Å². The van der Waals surface area contributed by atoms with Crippen molar-refractivity contribution in [3.63, 3.8) is 0 Å². The van der Waals surface area contributed by atoms with Gasteiger partial charge in [0.05, 0.1) is 18.1 Å². The molecule has 1 fully saturated rings. The number of aryl methyl sites for hydroxylation is 1. The van der Waals surface area contributed by atoms with Crippen LogP contribution in [0.1, 0.15) is 30.5 Å². The Labute approximate surface area is 144 Å². The van der Waals surface area contributed by atoms with Gasteiger partial charge < -0.3 is 9.51 Å². The molecule has 2 aromatic heterocycles. The van der Waals surface area contributed by atoms with Crippen LogP contribution in [0.3, 0.4) is 0 Å². The number of imidazole rings is 1. The Bertz CT molecular complexity index is 867. The van der Waals surface area contributed by atoms with Gasteiger partial charge in [-0.05, 0) is 26.0 Å². The van der Waals surface area contributed by atoms with Crippen LogP contribution >= 0.6 is 0 Å². The van der Waals surface area contributed by atoms with Gasteiger partial charge in [0, 0.05) is 26.2 Å². The summed E-state index contributed by atoms with van der Waals surface area (Å²) in [7, 11) is 0. The van der Waals surface area contributed by atoms with Crippen LogP contribution in [-0.4, -0.2) is 56.1 Å².